The number of methoxy groups -OCH3 is 1. The number of piperazine rings is 1. The molecule has 0 bridgehead atoms. The Morgan fingerprint density at radius 3 is 2.83 bits per heavy atom. The van der Waals surface area contributed by atoms with Gasteiger partial charge in [-0.3, -0.25) is 4.79 Å². The van der Waals surface area contributed by atoms with Gasteiger partial charge in [0, 0.05) is 25.7 Å². The monoisotopic (exact) mass is 270 g/mol. The van der Waals surface area contributed by atoms with Gasteiger partial charge in [0.2, 0.25) is 0 Å². The first-order chi connectivity index (χ1) is 8.22. The van der Waals surface area contributed by atoms with Crippen LogP contribution in [0.2, 0.25) is 0 Å². The van der Waals surface area contributed by atoms with Gasteiger partial charge >= 0.3 is 0 Å². The third-order valence-corrected chi connectivity index (χ3v) is 2.99. The zero-order chi connectivity index (χ0) is 12.3. The number of amides is 1. The SMILES string of the molecule is COc1ccccc1C(=O)N1CCN[C@@H](C)C1.Cl. The van der Waals surface area contributed by atoms with E-state index in [2.05, 4.69) is 12.2 Å². The number of nitrogens with zero attached hydrogens (tertiary/aromatic N) is 1. The summed E-state index contributed by atoms with van der Waals surface area (Å²) in [5.41, 5.74) is 0.643. The number of nitrogens with one attached hydrogen (secondary N) is 1. The molecule has 1 aliphatic rings. The van der Waals surface area contributed by atoms with Gasteiger partial charge in [-0.2, -0.15) is 0 Å². The molecule has 1 fully saturated rings. The van der Waals surface area contributed by atoms with Gasteiger partial charge in [0.25, 0.3) is 5.91 Å². The molecule has 1 aliphatic heterocycles. The van der Waals surface area contributed by atoms with Crippen molar-refractivity contribution in [2.75, 3.05) is 26.7 Å². The largest absolute Gasteiger partial charge is 0.496 e. The standard InChI is InChI=1S/C13H18N2O2.ClH/c1-10-9-15(8-7-14-10)13(16)11-5-3-4-6-12(11)17-2;/h3-6,10,14H,7-9H2,1-2H3;1H/t10-;/m0./s1. The van der Waals surface area contributed by atoms with E-state index in [9.17, 15) is 4.79 Å². The highest BCUT2D eigenvalue weighted by Gasteiger charge is 2.23. The molecule has 1 N–H and O–H groups in total. The minimum Gasteiger partial charge on any atom is -0.496 e. The average Bonchev–Trinajstić information content (AvgIpc) is 2.38. The number of rotatable bonds is 2. The van der Waals surface area contributed by atoms with E-state index in [1.54, 1.807) is 7.11 Å². The second-order valence-electron chi connectivity index (χ2n) is 4.31. The Bertz CT molecular complexity index is 412. The smallest absolute Gasteiger partial charge is 0.257 e. The first-order valence-electron chi connectivity index (χ1n) is 5.88. The van der Waals surface area contributed by atoms with Crippen molar-refractivity contribution in [2.24, 2.45) is 0 Å². The van der Waals surface area contributed by atoms with Gasteiger partial charge in [-0.25, -0.2) is 0 Å². The number of halogens is 1. The van der Waals surface area contributed by atoms with E-state index in [4.69, 9.17) is 4.74 Å². The zero-order valence-electron chi connectivity index (χ0n) is 10.7. The van der Waals surface area contributed by atoms with Crippen LogP contribution in [0.1, 0.15) is 17.3 Å². The summed E-state index contributed by atoms with van der Waals surface area (Å²) in [6.07, 6.45) is 0. The van der Waals surface area contributed by atoms with Crippen LogP contribution in [0.25, 0.3) is 0 Å². The van der Waals surface area contributed by atoms with Crippen molar-refractivity contribution in [2.45, 2.75) is 13.0 Å². The quantitative estimate of drug-likeness (QED) is 0.887. The van der Waals surface area contributed by atoms with Crippen LogP contribution in [-0.4, -0.2) is 43.6 Å². The van der Waals surface area contributed by atoms with E-state index in [1.807, 2.05) is 29.2 Å². The lowest BCUT2D eigenvalue weighted by Crippen LogP contribution is -2.51. The Morgan fingerprint density at radius 2 is 2.17 bits per heavy atom. The molecule has 1 amide bonds. The normalized spacial score (nSPS) is 19.0. The van der Waals surface area contributed by atoms with Gasteiger partial charge in [0.05, 0.1) is 12.7 Å². The van der Waals surface area contributed by atoms with Crippen LogP contribution < -0.4 is 10.1 Å². The topological polar surface area (TPSA) is 41.6 Å². The van der Waals surface area contributed by atoms with Crippen LogP contribution in [0.4, 0.5) is 0 Å². The van der Waals surface area contributed by atoms with Crippen molar-refractivity contribution in [3.05, 3.63) is 29.8 Å². The van der Waals surface area contributed by atoms with Gasteiger partial charge in [-0.1, -0.05) is 12.1 Å². The molecular formula is C13H19ClN2O2. The molecule has 1 heterocycles. The molecular weight excluding hydrogens is 252 g/mol. The van der Waals surface area contributed by atoms with E-state index in [0.717, 1.165) is 19.6 Å². The predicted octanol–water partition coefficient (Wildman–Crippen LogP) is 1.55. The molecule has 0 radical (unpaired) electrons. The lowest BCUT2D eigenvalue weighted by atomic mass is 10.1. The van der Waals surface area contributed by atoms with Crippen molar-refractivity contribution in [3.63, 3.8) is 0 Å². The second kappa shape index (κ2) is 6.61. The fourth-order valence-electron chi connectivity index (χ4n) is 2.11. The highest BCUT2D eigenvalue weighted by molar-refractivity contribution is 5.97. The number of carbonyl (C=O) groups excluding carboxylic acids is 1. The van der Waals surface area contributed by atoms with Crippen LogP contribution in [0.3, 0.4) is 0 Å². The Kier molecular flexibility index (Phi) is 5.44. The fourth-order valence-corrected chi connectivity index (χ4v) is 2.11. The van der Waals surface area contributed by atoms with Gasteiger partial charge in [0.15, 0.2) is 0 Å². The fraction of sp³-hybridized carbons (Fsp3) is 0.462. The van der Waals surface area contributed by atoms with Gasteiger partial charge < -0.3 is 15.0 Å². The van der Waals surface area contributed by atoms with E-state index in [-0.39, 0.29) is 18.3 Å². The summed E-state index contributed by atoms with van der Waals surface area (Å²) >= 11 is 0. The molecule has 2 rings (SSSR count). The summed E-state index contributed by atoms with van der Waals surface area (Å²) in [6, 6.07) is 7.71. The minimum absolute atomic E-state index is 0. The maximum Gasteiger partial charge on any atom is 0.257 e. The van der Waals surface area contributed by atoms with Crippen LogP contribution >= 0.6 is 12.4 Å². The highest BCUT2D eigenvalue weighted by atomic mass is 35.5. The van der Waals surface area contributed by atoms with E-state index in [1.165, 1.54) is 0 Å². The Balaban J connectivity index is 0.00000162. The van der Waals surface area contributed by atoms with Crippen molar-refractivity contribution in [3.8, 4) is 5.75 Å². The number of carbonyl (C=O) groups is 1. The number of hydrogen-bond donors (Lipinski definition) is 1. The molecule has 0 aliphatic carbocycles. The summed E-state index contributed by atoms with van der Waals surface area (Å²) < 4.78 is 5.22. The van der Waals surface area contributed by atoms with E-state index < -0.39 is 0 Å². The summed E-state index contributed by atoms with van der Waals surface area (Å²) in [7, 11) is 1.59. The number of ether oxygens (including phenoxy) is 1. The highest BCUT2D eigenvalue weighted by Crippen LogP contribution is 2.19. The zero-order valence-corrected chi connectivity index (χ0v) is 11.5. The average molecular weight is 271 g/mol. The summed E-state index contributed by atoms with van der Waals surface area (Å²) in [4.78, 5) is 14.2. The lowest BCUT2D eigenvalue weighted by Gasteiger charge is -2.32. The van der Waals surface area contributed by atoms with Crippen LogP contribution in [0, 0.1) is 0 Å². The Hall–Kier alpha value is -1.26. The van der Waals surface area contributed by atoms with Gasteiger partial charge in [-0.15, -0.1) is 12.4 Å². The molecule has 100 valence electrons. The molecule has 0 saturated carbocycles. The van der Waals surface area contributed by atoms with Crippen LogP contribution in [0.5, 0.6) is 5.75 Å². The van der Waals surface area contributed by atoms with Crippen LogP contribution in [-0.2, 0) is 0 Å². The molecule has 1 saturated heterocycles. The van der Waals surface area contributed by atoms with Crippen molar-refractivity contribution >= 4 is 18.3 Å². The molecule has 1 atom stereocenters. The van der Waals surface area contributed by atoms with Crippen molar-refractivity contribution in [1.82, 2.24) is 10.2 Å². The molecule has 1 aromatic carbocycles. The number of para-hydroxylation sites is 1. The molecule has 4 nitrogen and oxygen atoms in total. The van der Waals surface area contributed by atoms with E-state index >= 15 is 0 Å². The lowest BCUT2D eigenvalue weighted by molar-refractivity contribution is 0.0705. The third-order valence-electron chi connectivity index (χ3n) is 2.99. The first-order valence-corrected chi connectivity index (χ1v) is 5.88. The summed E-state index contributed by atoms with van der Waals surface area (Å²) in [5.74, 6) is 0.694. The molecule has 1 aromatic rings. The summed E-state index contributed by atoms with van der Waals surface area (Å²) in [5, 5.41) is 3.32. The number of hydrogen-bond acceptors (Lipinski definition) is 3. The predicted molar refractivity (Wildman–Crippen MR) is 73.6 cm³/mol. The molecule has 5 heteroatoms. The second-order valence-corrected chi connectivity index (χ2v) is 4.31. The minimum atomic E-state index is 0. The maximum atomic E-state index is 12.3. The van der Waals surface area contributed by atoms with E-state index in [0.29, 0.717) is 17.4 Å². The number of benzene rings is 1. The van der Waals surface area contributed by atoms with Gasteiger partial charge in [-0.05, 0) is 19.1 Å². The first kappa shape index (κ1) is 14.8. The molecule has 0 aromatic heterocycles. The van der Waals surface area contributed by atoms with Crippen molar-refractivity contribution in [1.29, 1.82) is 0 Å². The third kappa shape index (κ3) is 3.15. The Morgan fingerprint density at radius 1 is 1.44 bits per heavy atom. The molecule has 0 spiro atoms. The van der Waals surface area contributed by atoms with Crippen molar-refractivity contribution < 1.29 is 9.53 Å². The van der Waals surface area contributed by atoms with Crippen LogP contribution in [0.15, 0.2) is 24.3 Å². The molecule has 0 unspecified atom stereocenters. The molecule has 18 heavy (non-hydrogen) atoms. The summed E-state index contributed by atoms with van der Waals surface area (Å²) in [6.45, 7) is 4.43. The Labute approximate surface area is 114 Å². The van der Waals surface area contributed by atoms with Gasteiger partial charge in [0.1, 0.15) is 5.75 Å². The maximum absolute atomic E-state index is 12.3.